The van der Waals surface area contributed by atoms with Crippen molar-refractivity contribution in [1.29, 1.82) is 0 Å². The maximum atomic E-state index is 13.0. The molecule has 3 aromatic rings. The number of benzene rings is 2. The van der Waals surface area contributed by atoms with Crippen LogP contribution in [0.3, 0.4) is 0 Å². The van der Waals surface area contributed by atoms with Crippen molar-refractivity contribution in [2.75, 3.05) is 4.31 Å². The van der Waals surface area contributed by atoms with Gasteiger partial charge in [0.15, 0.2) is 0 Å². The Kier molecular flexibility index (Phi) is 4.92. The van der Waals surface area contributed by atoms with E-state index in [0.717, 1.165) is 0 Å². The third-order valence-corrected chi connectivity index (χ3v) is 5.54. The van der Waals surface area contributed by atoms with E-state index >= 15 is 0 Å². The molecular formula is C18H16ClNO3S. The minimum Gasteiger partial charge on any atom is -0.467 e. The van der Waals surface area contributed by atoms with Crippen molar-refractivity contribution in [2.24, 2.45) is 0 Å². The first kappa shape index (κ1) is 16.6. The summed E-state index contributed by atoms with van der Waals surface area (Å²) >= 11 is 6.23. The van der Waals surface area contributed by atoms with Crippen molar-refractivity contribution in [2.45, 2.75) is 12.3 Å². The van der Waals surface area contributed by atoms with Gasteiger partial charge in [-0.1, -0.05) is 54.1 Å². The number of nitrogens with zero attached hydrogens (tertiary/aromatic N) is 1. The Balaban J connectivity index is 1.99. The first-order valence-corrected chi connectivity index (χ1v) is 9.36. The van der Waals surface area contributed by atoms with Crippen LogP contribution in [0.4, 0.5) is 5.69 Å². The summed E-state index contributed by atoms with van der Waals surface area (Å²) in [5, 5.41) is 0.376. The van der Waals surface area contributed by atoms with Gasteiger partial charge in [-0.05, 0) is 29.8 Å². The van der Waals surface area contributed by atoms with E-state index in [1.807, 2.05) is 18.2 Å². The molecule has 0 spiro atoms. The average Bonchev–Trinajstić information content (AvgIpc) is 3.07. The Morgan fingerprint density at radius 1 is 0.917 bits per heavy atom. The van der Waals surface area contributed by atoms with Gasteiger partial charge in [0.2, 0.25) is 10.0 Å². The second-order valence-electron chi connectivity index (χ2n) is 5.28. The SMILES string of the molecule is O=S(=O)(Cc1ccccc1)N(Cc1ccco1)c1ccccc1Cl. The van der Waals surface area contributed by atoms with E-state index in [2.05, 4.69) is 0 Å². The molecule has 0 aliphatic heterocycles. The number of anilines is 1. The molecule has 0 saturated heterocycles. The molecule has 0 bridgehead atoms. The fourth-order valence-electron chi connectivity index (χ4n) is 2.39. The minimum absolute atomic E-state index is 0.0892. The van der Waals surface area contributed by atoms with Crippen LogP contribution < -0.4 is 4.31 Å². The fourth-order valence-corrected chi connectivity index (χ4v) is 4.23. The highest BCUT2D eigenvalue weighted by Gasteiger charge is 2.25. The largest absolute Gasteiger partial charge is 0.467 e. The number of sulfonamides is 1. The molecule has 3 rings (SSSR count). The van der Waals surface area contributed by atoms with Crippen molar-refractivity contribution in [3.05, 3.63) is 89.3 Å². The topological polar surface area (TPSA) is 50.5 Å². The monoisotopic (exact) mass is 361 g/mol. The highest BCUT2D eigenvalue weighted by atomic mass is 35.5. The van der Waals surface area contributed by atoms with E-state index < -0.39 is 10.0 Å². The first-order chi connectivity index (χ1) is 11.6. The zero-order valence-electron chi connectivity index (χ0n) is 12.8. The van der Waals surface area contributed by atoms with Crippen molar-refractivity contribution in [3.63, 3.8) is 0 Å². The zero-order chi connectivity index (χ0) is 17.0. The lowest BCUT2D eigenvalue weighted by Crippen LogP contribution is -2.31. The molecule has 1 heterocycles. The maximum Gasteiger partial charge on any atom is 0.239 e. The van der Waals surface area contributed by atoms with Crippen LogP contribution >= 0.6 is 11.6 Å². The van der Waals surface area contributed by atoms with Crippen molar-refractivity contribution < 1.29 is 12.8 Å². The molecule has 0 unspecified atom stereocenters. The molecule has 0 aliphatic carbocycles. The van der Waals surface area contributed by atoms with Gasteiger partial charge in [-0.2, -0.15) is 0 Å². The average molecular weight is 362 g/mol. The summed E-state index contributed by atoms with van der Waals surface area (Å²) in [7, 11) is -3.64. The molecule has 4 nitrogen and oxygen atoms in total. The number of furan rings is 1. The molecule has 0 fully saturated rings. The predicted octanol–water partition coefficient (Wildman–Crippen LogP) is 4.47. The lowest BCUT2D eigenvalue weighted by atomic mass is 10.2. The van der Waals surface area contributed by atoms with E-state index in [4.69, 9.17) is 16.0 Å². The Bertz CT molecular complexity index is 893. The van der Waals surface area contributed by atoms with Crippen LogP contribution in [-0.2, 0) is 22.3 Å². The quantitative estimate of drug-likeness (QED) is 0.650. The second-order valence-corrected chi connectivity index (χ2v) is 7.58. The van der Waals surface area contributed by atoms with Crippen molar-refractivity contribution in [3.8, 4) is 0 Å². The molecule has 0 N–H and O–H groups in total. The molecular weight excluding hydrogens is 346 g/mol. The Morgan fingerprint density at radius 2 is 1.62 bits per heavy atom. The lowest BCUT2D eigenvalue weighted by Gasteiger charge is -2.24. The number of halogens is 1. The van der Waals surface area contributed by atoms with Gasteiger partial charge in [0.05, 0.1) is 29.3 Å². The summed E-state index contributed by atoms with van der Waals surface area (Å²) in [5.41, 5.74) is 1.15. The molecule has 0 atom stereocenters. The van der Waals surface area contributed by atoms with Gasteiger partial charge in [0, 0.05) is 0 Å². The second kappa shape index (κ2) is 7.11. The molecule has 0 amide bonds. The summed E-state index contributed by atoms with van der Waals surface area (Å²) in [6, 6.07) is 19.4. The van der Waals surface area contributed by atoms with E-state index in [9.17, 15) is 8.42 Å². The number of rotatable bonds is 6. The van der Waals surface area contributed by atoms with E-state index in [0.29, 0.717) is 22.0 Å². The molecule has 0 aliphatic rings. The third kappa shape index (κ3) is 3.80. The van der Waals surface area contributed by atoms with Crippen LogP contribution in [0.15, 0.2) is 77.4 Å². The van der Waals surface area contributed by atoms with Crippen LogP contribution in [0.25, 0.3) is 0 Å². The van der Waals surface area contributed by atoms with E-state index in [-0.39, 0.29) is 12.3 Å². The van der Waals surface area contributed by atoms with Gasteiger partial charge in [0.25, 0.3) is 0 Å². The normalized spacial score (nSPS) is 11.4. The summed E-state index contributed by atoms with van der Waals surface area (Å²) in [6.45, 7) is 0.0892. The zero-order valence-corrected chi connectivity index (χ0v) is 14.4. The van der Waals surface area contributed by atoms with Gasteiger partial charge in [0.1, 0.15) is 5.76 Å². The van der Waals surface area contributed by atoms with Crippen LogP contribution in [0, 0.1) is 0 Å². The summed E-state index contributed by atoms with van der Waals surface area (Å²) in [4.78, 5) is 0. The summed E-state index contributed by atoms with van der Waals surface area (Å²) < 4.78 is 32.6. The highest BCUT2D eigenvalue weighted by molar-refractivity contribution is 7.92. The van der Waals surface area contributed by atoms with E-state index in [1.165, 1.54) is 10.6 Å². The lowest BCUT2D eigenvalue weighted by molar-refractivity contribution is 0.508. The molecule has 2 aromatic carbocycles. The molecule has 24 heavy (non-hydrogen) atoms. The van der Waals surface area contributed by atoms with E-state index in [1.54, 1.807) is 48.5 Å². The smallest absolute Gasteiger partial charge is 0.239 e. The van der Waals surface area contributed by atoms with Gasteiger partial charge in [-0.3, -0.25) is 4.31 Å². The fraction of sp³-hybridized carbons (Fsp3) is 0.111. The Labute approximate surface area is 146 Å². The van der Waals surface area contributed by atoms with Crippen LogP contribution in [0.2, 0.25) is 5.02 Å². The van der Waals surface area contributed by atoms with Gasteiger partial charge in [-0.15, -0.1) is 0 Å². The first-order valence-electron chi connectivity index (χ1n) is 7.37. The number of hydrogen-bond donors (Lipinski definition) is 0. The predicted molar refractivity (Wildman–Crippen MR) is 95.4 cm³/mol. The molecule has 1 aromatic heterocycles. The molecule has 0 saturated carbocycles. The number of hydrogen-bond acceptors (Lipinski definition) is 3. The molecule has 6 heteroatoms. The highest BCUT2D eigenvalue weighted by Crippen LogP contribution is 2.30. The van der Waals surface area contributed by atoms with Crippen LogP contribution in [-0.4, -0.2) is 8.42 Å². The molecule has 0 radical (unpaired) electrons. The van der Waals surface area contributed by atoms with Crippen LogP contribution in [0.1, 0.15) is 11.3 Å². The molecule has 124 valence electrons. The maximum absolute atomic E-state index is 13.0. The summed E-state index contributed by atoms with van der Waals surface area (Å²) in [5.74, 6) is 0.436. The minimum atomic E-state index is -3.64. The van der Waals surface area contributed by atoms with Gasteiger partial charge >= 0.3 is 0 Å². The van der Waals surface area contributed by atoms with Gasteiger partial charge < -0.3 is 4.42 Å². The summed E-state index contributed by atoms with van der Waals surface area (Å²) in [6.07, 6.45) is 1.52. The Hall–Kier alpha value is -2.24. The number of para-hydroxylation sites is 1. The van der Waals surface area contributed by atoms with Crippen molar-refractivity contribution >= 4 is 27.3 Å². The van der Waals surface area contributed by atoms with Crippen molar-refractivity contribution in [1.82, 2.24) is 0 Å². The standard InChI is InChI=1S/C18H16ClNO3S/c19-17-10-4-5-11-18(17)20(13-16-9-6-12-23-16)24(21,22)14-15-7-2-1-3-8-15/h1-12H,13-14H2. The third-order valence-electron chi connectivity index (χ3n) is 3.53. The van der Waals surface area contributed by atoms with Crippen LogP contribution in [0.5, 0.6) is 0 Å². The Morgan fingerprint density at radius 3 is 2.29 bits per heavy atom. The van der Waals surface area contributed by atoms with Gasteiger partial charge in [-0.25, -0.2) is 8.42 Å².